The van der Waals surface area contributed by atoms with Gasteiger partial charge in [-0.1, -0.05) is 0 Å². The molecule has 5 nitrogen and oxygen atoms in total. The van der Waals surface area contributed by atoms with Crippen LogP contribution in [-0.4, -0.2) is 31.3 Å². The van der Waals surface area contributed by atoms with Crippen molar-refractivity contribution in [2.24, 2.45) is 0 Å². The summed E-state index contributed by atoms with van der Waals surface area (Å²) in [6, 6.07) is 3.45. The second-order valence-corrected chi connectivity index (χ2v) is 3.69. The van der Waals surface area contributed by atoms with Crippen molar-refractivity contribution in [1.82, 2.24) is 0 Å². The second-order valence-electron chi connectivity index (χ2n) is 3.69. The van der Waals surface area contributed by atoms with E-state index in [1.165, 1.54) is 14.0 Å². The average Bonchev–Trinajstić information content (AvgIpc) is 2.30. The van der Waals surface area contributed by atoms with Crippen molar-refractivity contribution in [3.05, 3.63) is 17.7 Å². The number of carbonyl (C=O) groups excluding carboxylic acids is 1. The lowest BCUT2D eigenvalue weighted by molar-refractivity contribution is -0.123. The largest absolute Gasteiger partial charge is 0.497 e. The zero-order valence-electron chi connectivity index (χ0n) is 10.4. The molecule has 0 saturated heterocycles. The molecule has 5 heteroatoms. The van der Waals surface area contributed by atoms with Gasteiger partial charge in [0.2, 0.25) is 0 Å². The number of rotatable bonds is 4. The minimum absolute atomic E-state index is 0.475. The van der Waals surface area contributed by atoms with Gasteiger partial charge in [0, 0.05) is 6.07 Å². The van der Waals surface area contributed by atoms with Crippen LogP contribution in [0.1, 0.15) is 12.5 Å². The van der Waals surface area contributed by atoms with Crippen LogP contribution in [0.4, 0.5) is 5.69 Å². The number of aliphatic hydroxyl groups is 1. The monoisotopic (exact) mass is 239 g/mol. The molecule has 1 unspecified atom stereocenters. The highest BCUT2D eigenvalue weighted by atomic mass is 16.5. The number of nitrogens with one attached hydrogen (secondary N) is 1. The number of methoxy groups -OCH3 is 2. The second kappa shape index (κ2) is 5.54. The molecular weight excluding hydrogens is 222 g/mol. The zero-order valence-corrected chi connectivity index (χ0v) is 10.4. The summed E-state index contributed by atoms with van der Waals surface area (Å²) in [5.74, 6) is 0.668. The number of aryl methyl sites for hydroxylation is 1. The van der Waals surface area contributed by atoms with E-state index in [1.807, 2.05) is 6.92 Å². The number of benzene rings is 1. The van der Waals surface area contributed by atoms with Gasteiger partial charge < -0.3 is 19.9 Å². The quantitative estimate of drug-likeness (QED) is 0.831. The molecule has 0 heterocycles. The maximum absolute atomic E-state index is 11.4. The van der Waals surface area contributed by atoms with Crippen molar-refractivity contribution in [3.63, 3.8) is 0 Å². The minimum Gasteiger partial charge on any atom is -0.497 e. The Morgan fingerprint density at radius 1 is 1.35 bits per heavy atom. The standard InChI is InChI=1S/C12H17NO4/c1-7-5-9(16-3)6-10(17-4)11(7)13-12(15)8(2)14/h5-6,8,14H,1-4H3,(H,13,15). The Kier molecular flexibility index (Phi) is 4.34. The van der Waals surface area contributed by atoms with Gasteiger partial charge in [0.15, 0.2) is 0 Å². The molecule has 1 atom stereocenters. The van der Waals surface area contributed by atoms with Crippen molar-refractivity contribution in [1.29, 1.82) is 0 Å². The molecule has 0 saturated carbocycles. The van der Waals surface area contributed by atoms with Crippen LogP contribution in [0.25, 0.3) is 0 Å². The lowest BCUT2D eigenvalue weighted by atomic mass is 10.1. The predicted molar refractivity (Wildman–Crippen MR) is 64.6 cm³/mol. The Morgan fingerprint density at radius 3 is 2.47 bits per heavy atom. The molecule has 0 bridgehead atoms. The van der Waals surface area contributed by atoms with Crippen LogP contribution in [-0.2, 0) is 4.79 Å². The van der Waals surface area contributed by atoms with Crippen LogP contribution >= 0.6 is 0 Å². The van der Waals surface area contributed by atoms with Gasteiger partial charge in [-0.2, -0.15) is 0 Å². The minimum atomic E-state index is -1.07. The van der Waals surface area contributed by atoms with Crippen LogP contribution in [0.3, 0.4) is 0 Å². The van der Waals surface area contributed by atoms with Gasteiger partial charge in [-0.25, -0.2) is 0 Å². The molecule has 0 aliphatic rings. The molecule has 1 amide bonds. The molecule has 1 rings (SSSR count). The summed E-state index contributed by atoms with van der Waals surface area (Å²) in [7, 11) is 3.06. The molecular formula is C12H17NO4. The molecule has 1 aromatic carbocycles. The third-order valence-corrected chi connectivity index (χ3v) is 2.36. The lowest BCUT2D eigenvalue weighted by Gasteiger charge is -2.15. The van der Waals surface area contributed by atoms with Gasteiger partial charge in [-0.15, -0.1) is 0 Å². The summed E-state index contributed by atoms with van der Waals surface area (Å²) in [5.41, 5.74) is 1.34. The van der Waals surface area contributed by atoms with Crippen LogP contribution in [0.2, 0.25) is 0 Å². The van der Waals surface area contributed by atoms with E-state index in [-0.39, 0.29) is 0 Å². The van der Waals surface area contributed by atoms with Crippen LogP contribution in [0.15, 0.2) is 12.1 Å². The first-order valence-corrected chi connectivity index (χ1v) is 5.21. The highest BCUT2D eigenvalue weighted by molar-refractivity contribution is 5.96. The first-order chi connectivity index (χ1) is 7.99. The van der Waals surface area contributed by atoms with E-state index < -0.39 is 12.0 Å². The number of hydrogen-bond acceptors (Lipinski definition) is 4. The molecule has 0 aliphatic carbocycles. The third kappa shape index (κ3) is 3.10. The molecule has 0 radical (unpaired) electrons. The van der Waals surface area contributed by atoms with Crippen LogP contribution in [0, 0.1) is 6.92 Å². The van der Waals surface area contributed by atoms with Gasteiger partial charge in [0.05, 0.1) is 19.9 Å². The number of ether oxygens (including phenoxy) is 2. The summed E-state index contributed by atoms with van der Waals surface area (Å²) in [4.78, 5) is 11.4. The van der Waals surface area contributed by atoms with Crippen LogP contribution < -0.4 is 14.8 Å². The molecule has 0 aromatic heterocycles. The number of aliphatic hydroxyl groups excluding tert-OH is 1. The Bertz CT molecular complexity index is 415. The zero-order chi connectivity index (χ0) is 13.0. The molecule has 2 N–H and O–H groups in total. The maximum Gasteiger partial charge on any atom is 0.253 e. The molecule has 0 fully saturated rings. The fourth-order valence-corrected chi connectivity index (χ4v) is 1.39. The average molecular weight is 239 g/mol. The topological polar surface area (TPSA) is 67.8 Å². The van der Waals surface area contributed by atoms with E-state index in [4.69, 9.17) is 14.6 Å². The Hall–Kier alpha value is -1.75. The van der Waals surface area contributed by atoms with Crippen molar-refractivity contribution in [3.8, 4) is 11.5 Å². The first kappa shape index (κ1) is 13.3. The maximum atomic E-state index is 11.4. The van der Waals surface area contributed by atoms with Gasteiger partial charge >= 0.3 is 0 Å². The van der Waals surface area contributed by atoms with Crippen molar-refractivity contribution in [2.45, 2.75) is 20.0 Å². The van der Waals surface area contributed by atoms with Crippen molar-refractivity contribution < 1.29 is 19.4 Å². The Labute approximate surface area is 100 Å². The molecule has 17 heavy (non-hydrogen) atoms. The smallest absolute Gasteiger partial charge is 0.253 e. The van der Waals surface area contributed by atoms with Crippen molar-refractivity contribution in [2.75, 3.05) is 19.5 Å². The predicted octanol–water partition coefficient (Wildman–Crippen LogP) is 1.33. The van der Waals surface area contributed by atoms with E-state index in [2.05, 4.69) is 5.32 Å². The van der Waals surface area contributed by atoms with E-state index in [0.29, 0.717) is 17.2 Å². The summed E-state index contributed by atoms with van der Waals surface area (Å²) >= 11 is 0. The fraction of sp³-hybridized carbons (Fsp3) is 0.417. The highest BCUT2D eigenvalue weighted by Crippen LogP contribution is 2.33. The number of anilines is 1. The van der Waals surface area contributed by atoms with Gasteiger partial charge in [-0.05, 0) is 25.5 Å². The summed E-state index contributed by atoms with van der Waals surface area (Å²) in [6.45, 7) is 3.23. The normalized spacial score (nSPS) is 11.8. The molecule has 1 aromatic rings. The Morgan fingerprint density at radius 2 is 2.00 bits per heavy atom. The summed E-state index contributed by atoms with van der Waals surface area (Å²) < 4.78 is 10.3. The molecule has 0 spiro atoms. The molecule has 0 aliphatic heterocycles. The fourth-order valence-electron chi connectivity index (χ4n) is 1.39. The number of carbonyl (C=O) groups is 1. The van der Waals surface area contributed by atoms with E-state index >= 15 is 0 Å². The van der Waals surface area contributed by atoms with Gasteiger partial charge in [0.1, 0.15) is 17.6 Å². The van der Waals surface area contributed by atoms with E-state index in [9.17, 15) is 4.79 Å². The van der Waals surface area contributed by atoms with Gasteiger partial charge in [-0.3, -0.25) is 4.79 Å². The first-order valence-electron chi connectivity index (χ1n) is 5.21. The highest BCUT2D eigenvalue weighted by Gasteiger charge is 2.15. The van der Waals surface area contributed by atoms with Gasteiger partial charge in [0.25, 0.3) is 5.91 Å². The number of amides is 1. The summed E-state index contributed by atoms with van der Waals surface area (Å²) in [5, 5.41) is 11.8. The van der Waals surface area contributed by atoms with E-state index in [1.54, 1.807) is 19.2 Å². The Balaban J connectivity index is 3.10. The molecule has 94 valence electrons. The lowest BCUT2D eigenvalue weighted by Crippen LogP contribution is -2.25. The van der Waals surface area contributed by atoms with Crippen LogP contribution in [0.5, 0.6) is 11.5 Å². The summed E-state index contributed by atoms with van der Waals surface area (Å²) in [6.07, 6.45) is -1.07. The third-order valence-electron chi connectivity index (χ3n) is 2.36. The van der Waals surface area contributed by atoms with Crippen molar-refractivity contribution >= 4 is 11.6 Å². The SMILES string of the molecule is COc1cc(C)c(NC(=O)C(C)O)c(OC)c1. The number of hydrogen-bond donors (Lipinski definition) is 2. The van der Waals surface area contributed by atoms with E-state index in [0.717, 1.165) is 5.56 Å².